The molecular weight excluding hydrogens is 310 g/mol. The summed E-state index contributed by atoms with van der Waals surface area (Å²) in [5.41, 5.74) is 0.664. The number of para-hydroxylation sites is 1. The minimum atomic E-state index is -0.900. The first kappa shape index (κ1) is 18.0. The van der Waals surface area contributed by atoms with Gasteiger partial charge >= 0.3 is 17.8 Å². The number of nitrogens with zero attached hydrogens (tertiary/aromatic N) is 1. The van der Waals surface area contributed by atoms with Crippen molar-refractivity contribution >= 4 is 23.5 Å². The second-order valence-corrected chi connectivity index (χ2v) is 5.70. The van der Waals surface area contributed by atoms with Crippen molar-refractivity contribution in [2.75, 3.05) is 18.6 Å². The summed E-state index contributed by atoms with van der Waals surface area (Å²) in [4.78, 5) is 38.2. The van der Waals surface area contributed by atoms with Gasteiger partial charge in [0.15, 0.2) is 0 Å². The number of ether oxygens (including phenoxy) is 2. The van der Waals surface area contributed by atoms with Gasteiger partial charge in [-0.15, -0.1) is 0 Å². The zero-order chi connectivity index (χ0) is 17.5. The van der Waals surface area contributed by atoms with E-state index < -0.39 is 17.8 Å². The lowest BCUT2D eigenvalue weighted by Gasteiger charge is -2.34. The molecule has 0 N–H and O–H groups in total. The molecule has 1 aliphatic carbocycles. The van der Waals surface area contributed by atoms with Crippen LogP contribution in [0.15, 0.2) is 24.3 Å². The molecule has 6 heteroatoms. The highest BCUT2D eigenvalue weighted by atomic mass is 16.5. The summed E-state index contributed by atoms with van der Waals surface area (Å²) in [6.45, 7) is 1.78. The molecule has 0 radical (unpaired) electrons. The first-order valence-electron chi connectivity index (χ1n) is 8.27. The zero-order valence-corrected chi connectivity index (χ0v) is 14.1. The Balaban J connectivity index is 2.44. The van der Waals surface area contributed by atoms with Crippen molar-refractivity contribution < 1.29 is 23.9 Å². The number of hydrogen-bond donors (Lipinski definition) is 0. The van der Waals surface area contributed by atoms with Crippen LogP contribution >= 0.6 is 0 Å². The van der Waals surface area contributed by atoms with Gasteiger partial charge in [-0.25, -0.2) is 9.59 Å². The van der Waals surface area contributed by atoms with Crippen LogP contribution in [0.4, 0.5) is 5.69 Å². The molecule has 0 unspecified atom stereocenters. The Labute approximate surface area is 141 Å². The number of amides is 1. The van der Waals surface area contributed by atoms with E-state index in [0.29, 0.717) is 5.69 Å². The summed E-state index contributed by atoms with van der Waals surface area (Å²) in [5, 5.41) is 0. The van der Waals surface area contributed by atoms with Gasteiger partial charge in [0.2, 0.25) is 0 Å². The lowest BCUT2D eigenvalue weighted by atomic mass is 9.93. The Morgan fingerprint density at radius 3 is 2.42 bits per heavy atom. The van der Waals surface area contributed by atoms with Crippen LogP contribution in [0.3, 0.4) is 0 Å². The summed E-state index contributed by atoms with van der Waals surface area (Å²) in [5.74, 6) is -2.18. The largest absolute Gasteiger partial charge is 0.465 e. The molecule has 1 aromatic rings. The van der Waals surface area contributed by atoms with E-state index >= 15 is 0 Å². The maximum absolute atomic E-state index is 12.7. The molecule has 1 saturated carbocycles. The molecule has 0 aromatic heterocycles. The normalized spacial score (nSPS) is 14.8. The van der Waals surface area contributed by atoms with Crippen molar-refractivity contribution in [2.24, 2.45) is 0 Å². The molecule has 0 saturated heterocycles. The number of anilines is 1. The van der Waals surface area contributed by atoms with E-state index in [1.165, 1.54) is 12.0 Å². The Bertz CT molecular complexity index is 607. The van der Waals surface area contributed by atoms with Gasteiger partial charge in [0, 0.05) is 6.04 Å². The zero-order valence-electron chi connectivity index (χ0n) is 14.1. The molecule has 0 heterocycles. The van der Waals surface area contributed by atoms with E-state index in [4.69, 9.17) is 9.47 Å². The van der Waals surface area contributed by atoms with Crippen molar-refractivity contribution in [2.45, 2.75) is 45.1 Å². The van der Waals surface area contributed by atoms with Crippen molar-refractivity contribution in [3.63, 3.8) is 0 Å². The fourth-order valence-electron chi connectivity index (χ4n) is 3.07. The van der Waals surface area contributed by atoms with Crippen LogP contribution in [0, 0.1) is 0 Å². The Morgan fingerprint density at radius 1 is 1.12 bits per heavy atom. The quantitative estimate of drug-likeness (QED) is 0.626. The summed E-state index contributed by atoms with van der Waals surface area (Å²) in [7, 11) is 1.29. The highest BCUT2D eigenvalue weighted by Crippen LogP contribution is 2.30. The predicted molar refractivity (Wildman–Crippen MR) is 88.8 cm³/mol. The molecule has 2 rings (SSSR count). The van der Waals surface area contributed by atoms with Gasteiger partial charge in [0.05, 0.1) is 25.0 Å². The topological polar surface area (TPSA) is 72.9 Å². The lowest BCUT2D eigenvalue weighted by molar-refractivity contribution is -0.153. The average molecular weight is 333 g/mol. The molecule has 24 heavy (non-hydrogen) atoms. The Hall–Kier alpha value is -2.37. The van der Waals surface area contributed by atoms with Crippen molar-refractivity contribution in [3.8, 4) is 0 Å². The maximum atomic E-state index is 12.7. The molecule has 1 fully saturated rings. The summed E-state index contributed by atoms with van der Waals surface area (Å²) in [6.07, 6.45) is 4.66. The standard InChI is InChI=1S/C18H23NO5/c1-3-24-18(22)16(20)19(13-9-5-4-6-10-13)15-12-8-7-11-14(15)17(21)23-2/h7-8,11-13H,3-6,9-10H2,1-2H3. The number of methoxy groups -OCH3 is 1. The van der Waals surface area contributed by atoms with Gasteiger partial charge in [-0.2, -0.15) is 0 Å². The summed E-state index contributed by atoms with van der Waals surface area (Å²) >= 11 is 0. The van der Waals surface area contributed by atoms with Crippen molar-refractivity contribution in [1.29, 1.82) is 0 Å². The number of carbonyl (C=O) groups is 3. The molecular formula is C18H23NO5. The van der Waals surface area contributed by atoms with E-state index in [2.05, 4.69) is 0 Å². The maximum Gasteiger partial charge on any atom is 0.397 e. The molecule has 0 atom stereocenters. The SMILES string of the molecule is CCOC(=O)C(=O)N(c1ccccc1C(=O)OC)C1CCCCC1. The van der Waals surface area contributed by atoms with Crippen molar-refractivity contribution in [1.82, 2.24) is 0 Å². The average Bonchev–Trinajstić information content (AvgIpc) is 2.62. The van der Waals surface area contributed by atoms with Gasteiger partial charge in [0.1, 0.15) is 0 Å². The second kappa shape index (κ2) is 8.47. The van der Waals surface area contributed by atoms with Gasteiger partial charge in [-0.3, -0.25) is 9.69 Å². The smallest absolute Gasteiger partial charge is 0.397 e. The number of carbonyl (C=O) groups excluding carboxylic acids is 3. The van der Waals surface area contributed by atoms with E-state index in [9.17, 15) is 14.4 Å². The third-order valence-electron chi connectivity index (χ3n) is 4.18. The van der Waals surface area contributed by atoms with Crippen LogP contribution in [0.1, 0.15) is 49.4 Å². The second-order valence-electron chi connectivity index (χ2n) is 5.70. The molecule has 1 aromatic carbocycles. The number of benzene rings is 1. The predicted octanol–water partition coefficient (Wildman–Crippen LogP) is 2.70. The number of rotatable bonds is 4. The molecule has 0 spiro atoms. The van der Waals surface area contributed by atoms with Gasteiger partial charge in [0.25, 0.3) is 0 Å². The van der Waals surface area contributed by atoms with Crippen LogP contribution < -0.4 is 4.90 Å². The summed E-state index contributed by atoms with van der Waals surface area (Å²) < 4.78 is 9.69. The van der Waals surface area contributed by atoms with Gasteiger partial charge in [-0.1, -0.05) is 31.4 Å². The third-order valence-corrected chi connectivity index (χ3v) is 4.18. The van der Waals surface area contributed by atoms with Crippen LogP contribution in [-0.2, 0) is 19.1 Å². The van der Waals surface area contributed by atoms with Gasteiger partial charge in [-0.05, 0) is 31.9 Å². The van der Waals surface area contributed by atoms with Crippen LogP contribution in [-0.4, -0.2) is 37.6 Å². The number of esters is 2. The first-order valence-corrected chi connectivity index (χ1v) is 8.27. The summed E-state index contributed by atoms with van der Waals surface area (Å²) in [6, 6.07) is 6.56. The lowest BCUT2D eigenvalue weighted by Crippen LogP contribution is -2.46. The highest BCUT2D eigenvalue weighted by Gasteiger charge is 2.34. The third kappa shape index (κ3) is 3.93. The van der Waals surface area contributed by atoms with E-state index in [1.54, 1.807) is 31.2 Å². The molecule has 130 valence electrons. The van der Waals surface area contributed by atoms with Crippen LogP contribution in [0.5, 0.6) is 0 Å². The monoisotopic (exact) mass is 333 g/mol. The van der Waals surface area contributed by atoms with E-state index in [1.807, 2.05) is 0 Å². The highest BCUT2D eigenvalue weighted by molar-refractivity contribution is 6.38. The molecule has 1 aliphatic rings. The van der Waals surface area contributed by atoms with Gasteiger partial charge < -0.3 is 9.47 Å². The molecule has 1 amide bonds. The first-order chi connectivity index (χ1) is 11.6. The Kier molecular flexibility index (Phi) is 6.35. The molecule has 0 aliphatic heterocycles. The van der Waals surface area contributed by atoms with E-state index in [-0.39, 0.29) is 18.2 Å². The number of hydrogen-bond acceptors (Lipinski definition) is 5. The van der Waals surface area contributed by atoms with Crippen LogP contribution in [0.25, 0.3) is 0 Å². The Morgan fingerprint density at radius 2 is 1.79 bits per heavy atom. The fraction of sp³-hybridized carbons (Fsp3) is 0.500. The van der Waals surface area contributed by atoms with Crippen molar-refractivity contribution in [3.05, 3.63) is 29.8 Å². The fourth-order valence-corrected chi connectivity index (χ4v) is 3.07. The molecule has 6 nitrogen and oxygen atoms in total. The minimum Gasteiger partial charge on any atom is -0.465 e. The van der Waals surface area contributed by atoms with Crippen LogP contribution in [0.2, 0.25) is 0 Å². The van der Waals surface area contributed by atoms with E-state index in [0.717, 1.165) is 32.1 Å². The minimum absolute atomic E-state index is 0.124. The molecule has 0 bridgehead atoms.